The summed E-state index contributed by atoms with van der Waals surface area (Å²) in [5.41, 5.74) is 0.790. The summed E-state index contributed by atoms with van der Waals surface area (Å²) in [6.45, 7) is 1.51. The summed E-state index contributed by atoms with van der Waals surface area (Å²) in [5.74, 6) is 0. The van der Waals surface area contributed by atoms with Crippen LogP contribution in [-0.4, -0.2) is 22.3 Å². The molecule has 0 N–H and O–H groups in total. The Morgan fingerprint density at radius 3 is 3.06 bits per heavy atom. The van der Waals surface area contributed by atoms with Crippen LogP contribution in [-0.2, 0) is 11.3 Å². The van der Waals surface area contributed by atoms with Gasteiger partial charge in [-0.1, -0.05) is 12.1 Å². The number of hydrogen-bond acceptors (Lipinski definition) is 3. The minimum Gasteiger partial charge on any atom is -0.373 e. The van der Waals surface area contributed by atoms with Crippen molar-refractivity contribution < 1.29 is 4.74 Å². The summed E-state index contributed by atoms with van der Waals surface area (Å²) in [7, 11) is 0. The fourth-order valence-corrected chi connectivity index (χ4v) is 1.78. The van der Waals surface area contributed by atoms with E-state index in [1.54, 1.807) is 10.9 Å². The van der Waals surface area contributed by atoms with Crippen LogP contribution in [0.15, 0.2) is 35.4 Å². The van der Waals surface area contributed by atoms with Gasteiger partial charge in [0.1, 0.15) is 0 Å². The lowest BCUT2D eigenvalue weighted by atomic mass is 10.2. The molecule has 0 radical (unpaired) electrons. The van der Waals surface area contributed by atoms with Gasteiger partial charge in [0.2, 0.25) is 0 Å². The molecule has 0 bridgehead atoms. The lowest BCUT2D eigenvalue weighted by molar-refractivity contribution is 0.383. The molecular weight excluding hydrogens is 204 g/mol. The summed E-state index contributed by atoms with van der Waals surface area (Å²) >= 11 is 0. The molecule has 3 rings (SSSR count). The van der Waals surface area contributed by atoms with Gasteiger partial charge in [0.15, 0.2) is 0 Å². The SMILES string of the molecule is O=c1c2ccccc2ncn1CCC1CO1. The monoisotopic (exact) mass is 216 g/mol. The normalized spacial score (nSPS) is 18.9. The van der Waals surface area contributed by atoms with Crippen molar-refractivity contribution in [3.8, 4) is 0 Å². The number of epoxide rings is 1. The van der Waals surface area contributed by atoms with Crippen molar-refractivity contribution in [2.24, 2.45) is 0 Å². The fourth-order valence-electron chi connectivity index (χ4n) is 1.78. The van der Waals surface area contributed by atoms with E-state index in [1.165, 1.54) is 0 Å². The second kappa shape index (κ2) is 3.72. The highest BCUT2D eigenvalue weighted by Crippen LogP contribution is 2.14. The molecule has 2 aromatic rings. The molecule has 0 spiro atoms. The van der Waals surface area contributed by atoms with Crippen LogP contribution < -0.4 is 5.56 Å². The van der Waals surface area contributed by atoms with Crippen molar-refractivity contribution in [2.45, 2.75) is 19.1 Å². The van der Waals surface area contributed by atoms with Crippen molar-refractivity contribution in [3.05, 3.63) is 40.9 Å². The minimum absolute atomic E-state index is 0.0336. The van der Waals surface area contributed by atoms with E-state index in [1.807, 2.05) is 24.3 Å². The van der Waals surface area contributed by atoms with Crippen molar-refractivity contribution >= 4 is 10.9 Å². The standard InChI is InChI=1S/C12H12N2O2/c15-12-10-3-1-2-4-11(10)13-8-14(12)6-5-9-7-16-9/h1-4,8-9H,5-7H2. The average Bonchev–Trinajstić information content (AvgIpc) is 3.13. The maximum Gasteiger partial charge on any atom is 0.261 e. The molecule has 0 aliphatic carbocycles. The molecule has 1 aliphatic heterocycles. The maximum absolute atomic E-state index is 12.0. The molecule has 4 nitrogen and oxygen atoms in total. The molecule has 16 heavy (non-hydrogen) atoms. The Hall–Kier alpha value is -1.68. The lowest BCUT2D eigenvalue weighted by Gasteiger charge is -2.04. The van der Waals surface area contributed by atoms with Crippen molar-refractivity contribution in [2.75, 3.05) is 6.61 Å². The first-order valence-electron chi connectivity index (χ1n) is 5.40. The van der Waals surface area contributed by atoms with Gasteiger partial charge in [-0.05, 0) is 18.6 Å². The number of para-hydroxylation sites is 1. The first kappa shape index (κ1) is 9.54. The van der Waals surface area contributed by atoms with E-state index in [-0.39, 0.29) is 5.56 Å². The molecule has 1 fully saturated rings. The molecule has 1 aliphatic rings. The van der Waals surface area contributed by atoms with Gasteiger partial charge >= 0.3 is 0 Å². The molecule has 0 saturated carbocycles. The molecule has 2 heterocycles. The Bertz CT molecular complexity index is 572. The number of hydrogen-bond donors (Lipinski definition) is 0. The summed E-state index contributed by atoms with van der Waals surface area (Å²) in [5, 5.41) is 0.682. The van der Waals surface area contributed by atoms with E-state index in [4.69, 9.17) is 4.74 Å². The van der Waals surface area contributed by atoms with E-state index >= 15 is 0 Å². The Labute approximate surface area is 92.5 Å². The predicted octanol–water partition coefficient (Wildman–Crippen LogP) is 1.19. The number of benzene rings is 1. The lowest BCUT2D eigenvalue weighted by Crippen LogP contribution is -2.21. The third kappa shape index (κ3) is 1.72. The van der Waals surface area contributed by atoms with Crippen LogP contribution in [0.3, 0.4) is 0 Å². The van der Waals surface area contributed by atoms with Crippen LogP contribution in [0.1, 0.15) is 6.42 Å². The first-order chi connectivity index (χ1) is 7.84. The zero-order valence-corrected chi connectivity index (χ0v) is 8.80. The number of aromatic nitrogens is 2. The zero-order valence-electron chi connectivity index (χ0n) is 8.80. The van der Waals surface area contributed by atoms with Crippen molar-refractivity contribution in [1.82, 2.24) is 9.55 Å². The summed E-state index contributed by atoms with van der Waals surface area (Å²) < 4.78 is 6.78. The van der Waals surface area contributed by atoms with E-state index in [9.17, 15) is 4.79 Å². The van der Waals surface area contributed by atoms with Crippen LogP contribution in [0.5, 0.6) is 0 Å². The van der Waals surface area contributed by atoms with E-state index < -0.39 is 0 Å². The molecule has 1 aromatic heterocycles. The molecule has 82 valence electrons. The van der Waals surface area contributed by atoms with Gasteiger partial charge in [0.25, 0.3) is 5.56 Å². The first-order valence-corrected chi connectivity index (χ1v) is 5.40. The largest absolute Gasteiger partial charge is 0.373 e. The quantitative estimate of drug-likeness (QED) is 0.724. The van der Waals surface area contributed by atoms with Gasteiger partial charge in [0.05, 0.1) is 29.9 Å². The number of aryl methyl sites for hydroxylation is 1. The van der Waals surface area contributed by atoms with Crippen LogP contribution >= 0.6 is 0 Å². The molecule has 0 amide bonds. The second-order valence-electron chi connectivity index (χ2n) is 4.00. The van der Waals surface area contributed by atoms with Crippen LogP contribution in [0.2, 0.25) is 0 Å². The van der Waals surface area contributed by atoms with E-state index in [0.717, 1.165) is 18.5 Å². The number of rotatable bonds is 3. The fraction of sp³-hybridized carbons (Fsp3) is 0.333. The Balaban J connectivity index is 1.98. The third-order valence-corrected chi connectivity index (χ3v) is 2.83. The van der Waals surface area contributed by atoms with Crippen LogP contribution in [0.4, 0.5) is 0 Å². The highest BCUT2D eigenvalue weighted by Gasteiger charge is 2.21. The predicted molar refractivity (Wildman–Crippen MR) is 60.4 cm³/mol. The molecular formula is C12H12N2O2. The van der Waals surface area contributed by atoms with E-state index in [0.29, 0.717) is 18.0 Å². The van der Waals surface area contributed by atoms with Gasteiger partial charge in [-0.3, -0.25) is 9.36 Å². The highest BCUT2D eigenvalue weighted by atomic mass is 16.6. The number of ether oxygens (including phenoxy) is 1. The topological polar surface area (TPSA) is 47.4 Å². The molecule has 1 saturated heterocycles. The molecule has 1 unspecified atom stereocenters. The van der Waals surface area contributed by atoms with Crippen LogP contribution in [0, 0.1) is 0 Å². The van der Waals surface area contributed by atoms with Gasteiger partial charge in [0, 0.05) is 6.54 Å². The minimum atomic E-state index is 0.0336. The maximum atomic E-state index is 12.0. The Kier molecular flexibility index (Phi) is 2.22. The van der Waals surface area contributed by atoms with Gasteiger partial charge in [-0.25, -0.2) is 4.98 Å². The highest BCUT2D eigenvalue weighted by molar-refractivity contribution is 5.76. The summed E-state index contributed by atoms with van der Waals surface area (Å²) in [6, 6.07) is 7.41. The van der Waals surface area contributed by atoms with Crippen LogP contribution in [0.25, 0.3) is 10.9 Å². The smallest absolute Gasteiger partial charge is 0.261 e. The number of nitrogens with zero attached hydrogens (tertiary/aromatic N) is 2. The summed E-state index contributed by atoms with van der Waals surface area (Å²) in [6.07, 6.45) is 2.85. The molecule has 1 atom stereocenters. The zero-order chi connectivity index (χ0) is 11.0. The van der Waals surface area contributed by atoms with Crippen molar-refractivity contribution in [1.29, 1.82) is 0 Å². The number of fused-ring (bicyclic) bond motifs is 1. The average molecular weight is 216 g/mol. The summed E-state index contributed by atoms with van der Waals surface area (Å²) in [4.78, 5) is 16.3. The Morgan fingerprint density at radius 1 is 1.44 bits per heavy atom. The van der Waals surface area contributed by atoms with E-state index in [2.05, 4.69) is 4.98 Å². The van der Waals surface area contributed by atoms with Crippen molar-refractivity contribution in [3.63, 3.8) is 0 Å². The second-order valence-corrected chi connectivity index (χ2v) is 4.00. The molecule has 4 heteroatoms. The molecule has 1 aromatic carbocycles. The van der Waals surface area contributed by atoms with Gasteiger partial charge in [-0.2, -0.15) is 0 Å². The van der Waals surface area contributed by atoms with Gasteiger partial charge in [-0.15, -0.1) is 0 Å². The Morgan fingerprint density at radius 2 is 2.25 bits per heavy atom. The van der Waals surface area contributed by atoms with Gasteiger partial charge < -0.3 is 4.74 Å². The third-order valence-electron chi connectivity index (χ3n) is 2.83.